The molecule has 0 fully saturated rings. The van der Waals surface area contributed by atoms with Crippen LogP contribution in [0.2, 0.25) is 0 Å². The van der Waals surface area contributed by atoms with E-state index in [-0.39, 0.29) is 6.17 Å². The highest BCUT2D eigenvalue weighted by atomic mass is 15.4. The molecule has 0 saturated heterocycles. The van der Waals surface area contributed by atoms with Crippen LogP contribution in [0.3, 0.4) is 0 Å². The maximum absolute atomic E-state index is 8.99. The summed E-state index contributed by atoms with van der Waals surface area (Å²) in [6.45, 7) is 8.53. The molecule has 2 nitrogen and oxygen atoms in total. The predicted octanol–water partition coefficient (Wildman–Crippen LogP) is 4.93. The molecule has 2 atom stereocenters. The van der Waals surface area contributed by atoms with E-state index in [0.717, 1.165) is 5.56 Å². The van der Waals surface area contributed by atoms with E-state index in [1.165, 1.54) is 28.2 Å². The first-order valence-corrected chi connectivity index (χ1v) is 7.89. The number of rotatable bonds is 1. The van der Waals surface area contributed by atoms with Gasteiger partial charge < -0.3 is 9.80 Å². The van der Waals surface area contributed by atoms with Crippen LogP contribution < -0.4 is 4.90 Å². The standard InChI is InChI=1S/C20H22N2/c1-13-9-5-8-12-19(13)21-15(3)20-18-11-7-6-10-17(18)14(2)22(20)16(21)4/h5-12,14,16H,1-4H3/i14D. The number of fused-ring (bicyclic) bond motifs is 3. The zero-order valence-corrected chi connectivity index (χ0v) is 13.6. The maximum atomic E-state index is 8.99. The lowest BCUT2D eigenvalue weighted by Crippen LogP contribution is -2.37. The number of allylic oxidation sites excluding steroid dienone is 1. The molecule has 22 heavy (non-hydrogen) atoms. The highest BCUT2D eigenvalue weighted by molar-refractivity contribution is 5.81. The van der Waals surface area contributed by atoms with Crippen molar-refractivity contribution in [3.8, 4) is 0 Å². The molecule has 0 aromatic heterocycles. The summed E-state index contributed by atoms with van der Waals surface area (Å²) in [5, 5.41) is 0. The summed E-state index contributed by atoms with van der Waals surface area (Å²) in [6, 6.07) is 16.1. The molecule has 0 spiro atoms. The van der Waals surface area contributed by atoms with Gasteiger partial charge in [-0.3, -0.25) is 0 Å². The van der Waals surface area contributed by atoms with Crippen molar-refractivity contribution in [2.24, 2.45) is 0 Å². The smallest absolute Gasteiger partial charge is 0.104 e. The Morgan fingerprint density at radius 1 is 0.955 bits per heavy atom. The van der Waals surface area contributed by atoms with Crippen LogP contribution in [0.15, 0.2) is 54.2 Å². The van der Waals surface area contributed by atoms with E-state index in [4.69, 9.17) is 1.37 Å². The lowest BCUT2D eigenvalue weighted by Gasteiger charge is -2.34. The molecular weight excluding hydrogens is 268 g/mol. The van der Waals surface area contributed by atoms with Crippen molar-refractivity contribution < 1.29 is 1.37 Å². The highest BCUT2D eigenvalue weighted by Gasteiger charge is 2.43. The van der Waals surface area contributed by atoms with Crippen LogP contribution in [0, 0.1) is 6.92 Å². The molecule has 112 valence electrons. The van der Waals surface area contributed by atoms with Gasteiger partial charge in [-0.2, -0.15) is 0 Å². The first kappa shape index (κ1) is 12.3. The van der Waals surface area contributed by atoms with Gasteiger partial charge in [-0.05, 0) is 44.9 Å². The third-order valence-electron chi connectivity index (χ3n) is 5.00. The summed E-state index contributed by atoms with van der Waals surface area (Å²) in [5.41, 5.74) is 7.23. The topological polar surface area (TPSA) is 6.48 Å². The Morgan fingerprint density at radius 2 is 1.64 bits per heavy atom. The van der Waals surface area contributed by atoms with Crippen molar-refractivity contribution in [1.82, 2.24) is 4.90 Å². The minimum atomic E-state index is -0.732. The van der Waals surface area contributed by atoms with Crippen molar-refractivity contribution >= 4 is 11.4 Å². The van der Waals surface area contributed by atoms with Crippen LogP contribution in [0.5, 0.6) is 0 Å². The van der Waals surface area contributed by atoms with Gasteiger partial charge in [0.15, 0.2) is 0 Å². The fourth-order valence-electron chi connectivity index (χ4n) is 3.99. The molecule has 2 heterocycles. The molecule has 2 heteroatoms. The maximum Gasteiger partial charge on any atom is 0.104 e. The number of hydrogen-bond donors (Lipinski definition) is 0. The number of aryl methyl sites for hydroxylation is 1. The molecule has 0 amide bonds. The number of hydrogen-bond acceptors (Lipinski definition) is 2. The molecule has 0 N–H and O–H groups in total. The quantitative estimate of drug-likeness (QED) is 0.735. The zero-order valence-electron chi connectivity index (χ0n) is 14.6. The fourth-order valence-corrected chi connectivity index (χ4v) is 3.99. The van der Waals surface area contributed by atoms with Crippen LogP contribution in [0.4, 0.5) is 5.69 Å². The molecule has 2 aromatic carbocycles. The van der Waals surface area contributed by atoms with Crippen LogP contribution in [-0.4, -0.2) is 11.1 Å². The van der Waals surface area contributed by atoms with Gasteiger partial charge in [0.25, 0.3) is 0 Å². The summed E-state index contributed by atoms with van der Waals surface area (Å²) < 4.78 is 8.99. The molecule has 4 rings (SSSR count). The largest absolute Gasteiger partial charge is 0.342 e. The molecular formula is C20H22N2. The second-order valence-corrected chi connectivity index (χ2v) is 6.22. The van der Waals surface area contributed by atoms with Gasteiger partial charge in [0.2, 0.25) is 0 Å². The van der Waals surface area contributed by atoms with Crippen molar-refractivity contribution in [3.05, 3.63) is 70.9 Å². The fraction of sp³-hybridized carbons (Fsp3) is 0.300. The van der Waals surface area contributed by atoms with Crippen LogP contribution in [0.25, 0.3) is 5.70 Å². The summed E-state index contributed by atoms with van der Waals surface area (Å²) >= 11 is 0. The number of benzene rings is 2. The summed E-state index contributed by atoms with van der Waals surface area (Å²) in [5.74, 6) is 0. The summed E-state index contributed by atoms with van der Waals surface area (Å²) in [7, 11) is 0. The number of para-hydroxylation sites is 1. The predicted molar refractivity (Wildman–Crippen MR) is 92.4 cm³/mol. The molecule has 0 radical (unpaired) electrons. The second-order valence-electron chi connectivity index (χ2n) is 6.22. The van der Waals surface area contributed by atoms with Crippen molar-refractivity contribution in [2.45, 2.75) is 39.9 Å². The van der Waals surface area contributed by atoms with Crippen LogP contribution >= 0.6 is 0 Å². The van der Waals surface area contributed by atoms with E-state index in [1.807, 2.05) is 13.0 Å². The minimum absolute atomic E-state index is 0.126. The van der Waals surface area contributed by atoms with Crippen molar-refractivity contribution in [3.63, 3.8) is 0 Å². The molecule has 0 bridgehead atoms. The normalized spacial score (nSPS) is 27.1. The molecule has 2 aromatic rings. The van der Waals surface area contributed by atoms with Gasteiger partial charge >= 0.3 is 0 Å². The number of nitrogens with zero attached hydrogens (tertiary/aromatic N) is 2. The Balaban J connectivity index is 1.95. The van der Waals surface area contributed by atoms with Crippen molar-refractivity contribution in [1.29, 1.82) is 0 Å². The van der Waals surface area contributed by atoms with E-state index in [0.29, 0.717) is 0 Å². The molecule has 0 aliphatic carbocycles. The van der Waals surface area contributed by atoms with E-state index in [2.05, 4.69) is 73.0 Å². The van der Waals surface area contributed by atoms with E-state index in [9.17, 15) is 0 Å². The Morgan fingerprint density at radius 3 is 2.41 bits per heavy atom. The number of anilines is 1. The van der Waals surface area contributed by atoms with Gasteiger partial charge in [0, 0.05) is 16.9 Å². The first-order chi connectivity index (χ1) is 10.9. The van der Waals surface area contributed by atoms with Crippen LogP contribution in [-0.2, 0) is 0 Å². The third-order valence-corrected chi connectivity index (χ3v) is 5.00. The SMILES string of the molecule is [2H]C1(C)c2ccccc2C2=C(C)N(c3ccccc3C)C(C)N21. The molecule has 2 aliphatic heterocycles. The van der Waals surface area contributed by atoms with Gasteiger partial charge in [-0.1, -0.05) is 42.5 Å². The van der Waals surface area contributed by atoms with Gasteiger partial charge in [-0.25, -0.2) is 0 Å². The average Bonchev–Trinajstić information content (AvgIpc) is 2.93. The lowest BCUT2D eigenvalue weighted by molar-refractivity contribution is 0.282. The Labute approximate surface area is 134 Å². The van der Waals surface area contributed by atoms with E-state index in [1.54, 1.807) is 0 Å². The lowest BCUT2D eigenvalue weighted by atomic mass is 10.0. The van der Waals surface area contributed by atoms with E-state index >= 15 is 0 Å². The summed E-state index contributed by atoms with van der Waals surface area (Å²) in [4.78, 5) is 4.62. The Hall–Kier alpha value is -2.22. The van der Waals surface area contributed by atoms with Crippen molar-refractivity contribution in [2.75, 3.05) is 4.90 Å². The van der Waals surface area contributed by atoms with Gasteiger partial charge in [0.1, 0.15) is 6.17 Å². The molecule has 2 aliphatic rings. The Kier molecular flexibility index (Phi) is 2.60. The van der Waals surface area contributed by atoms with Crippen LogP contribution in [0.1, 0.15) is 44.9 Å². The highest BCUT2D eigenvalue weighted by Crippen LogP contribution is 2.50. The zero-order chi connectivity index (χ0) is 16.4. The second kappa shape index (κ2) is 4.64. The van der Waals surface area contributed by atoms with Gasteiger partial charge in [-0.15, -0.1) is 0 Å². The van der Waals surface area contributed by atoms with Gasteiger partial charge in [0.05, 0.1) is 13.1 Å². The molecule has 2 unspecified atom stereocenters. The average molecular weight is 291 g/mol. The monoisotopic (exact) mass is 291 g/mol. The first-order valence-electron chi connectivity index (χ1n) is 8.39. The summed E-state index contributed by atoms with van der Waals surface area (Å²) in [6.07, 6.45) is 0.126. The van der Waals surface area contributed by atoms with E-state index < -0.39 is 6.02 Å². The molecule has 0 saturated carbocycles. The minimum Gasteiger partial charge on any atom is -0.342 e. The third kappa shape index (κ3) is 1.61. The Bertz CT molecular complexity index is 822.